The topological polar surface area (TPSA) is 60.0 Å². The second kappa shape index (κ2) is 7.12. The first-order valence-corrected chi connectivity index (χ1v) is 8.88. The van der Waals surface area contributed by atoms with Crippen molar-refractivity contribution in [2.45, 2.75) is 51.2 Å². The number of amides is 2. The molecule has 0 aromatic heterocycles. The van der Waals surface area contributed by atoms with Crippen molar-refractivity contribution >= 4 is 6.03 Å². The monoisotopic (exact) mass is 348 g/mol. The minimum Gasteiger partial charge on any atom is -0.454 e. The van der Waals surface area contributed by atoms with Crippen LogP contribution in [0.1, 0.15) is 39.2 Å². The molecule has 0 spiro atoms. The number of rotatable bonds is 4. The molecule has 2 atom stereocenters. The smallest absolute Gasteiger partial charge is 0.317 e. The Balaban J connectivity index is 1.59. The van der Waals surface area contributed by atoms with E-state index in [1.165, 1.54) is 0 Å². The lowest BCUT2D eigenvalue weighted by Crippen LogP contribution is -2.52. The molecule has 1 aromatic carbocycles. The molecule has 2 amide bonds. The maximum absolute atomic E-state index is 12.6. The summed E-state index contributed by atoms with van der Waals surface area (Å²) in [5.41, 5.74) is 0.910. The fraction of sp³-hybridized carbons (Fsp3) is 0.632. The fourth-order valence-electron chi connectivity index (χ4n) is 3.46. The number of nitrogens with one attached hydrogen (secondary N) is 1. The Morgan fingerprint density at radius 2 is 2.12 bits per heavy atom. The van der Waals surface area contributed by atoms with Crippen LogP contribution in [0, 0.1) is 0 Å². The average molecular weight is 348 g/mol. The van der Waals surface area contributed by atoms with E-state index in [4.69, 9.17) is 14.2 Å². The Labute approximate surface area is 149 Å². The van der Waals surface area contributed by atoms with E-state index in [1.807, 2.05) is 23.1 Å². The highest BCUT2D eigenvalue weighted by molar-refractivity contribution is 5.74. The van der Waals surface area contributed by atoms with Gasteiger partial charge in [0.25, 0.3) is 0 Å². The number of methoxy groups -OCH3 is 1. The third-order valence-electron chi connectivity index (χ3n) is 5.26. The number of ether oxygens (including phenoxy) is 3. The third-order valence-corrected chi connectivity index (χ3v) is 5.26. The standard InChI is InChI=1S/C19H28N2O4/c1-13-9-15(23-4)7-8-21(13)18(22)20-11-19(2,3)14-5-6-16-17(10-14)25-12-24-16/h5-6,10,13,15H,7-9,11-12H2,1-4H3,(H,20,22)/t13-,15+/m1/s1. The van der Waals surface area contributed by atoms with Gasteiger partial charge >= 0.3 is 6.03 Å². The van der Waals surface area contributed by atoms with E-state index < -0.39 is 0 Å². The lowest BCUT2D eigenvalue weighted by molar-refractivity contribution is 0.0292. The molecule has 2 heterocycles. The largest absolute Gasteiger partial charge is 0.454 e. The molecular formula is C19H28N2O4. The van der Waals surface area contributed by atoms with Crippen LogP contribution in [0.5, 0.6) is 11.5 Å². The van der Waals surface area contributed by atoms with Gasteiger partial charge in [0, 0.05) is 31.7 Å². The summed E-state index contributed by atoms with van der Waals surface area (Å²) >= 11 is 0. The van der Waals surface area contributed by atoms with Crippen molar-refractivity contribution in [3.05, 3.63) is 23.8 Å². The second-order valence-electron chi connectivity index (χ2n) is 7.54. The molecule has 1 saturated heterocycles. The van der Waals surface area contributed by atoms with E-state index in [9.17, 15) is 4.79 Å². The Kier molecular flexibility index (Phi) is 5.08. The van der Waals surface area contributed by atoms with Crippen molar-refractivity contribution in [1.82, 2.24) is 10.2 Å². The predicted octanol–water partition coefficient (Wildman–Crippen LogP) is 2.90. The van der Waals surface area contributed by atoms with E-state index >= 15 is 0 Å². The first-order chi connectivity index (χ1) is 11.9. The van der Waals surface area contributed by atoms with Crippen molar-refractivity contribution in [3.63, 3.8) is 0 Å². The van der Waals surface area contributed by atoms with Gasteiger partial charge in [0.2, 0.25) is 6.79 Å². The van der Waals surface area contributed by atoms with Gasteiger partial charge in [-0.1, -0.05) is 19.9 Å². The number of piperidine rings is 1. The molecule has 2 aliphatic heterocycles. The number of hydrogen-bond acceptors (Lipinski definition) is 4. The van der Waals surface area contributed by atoms with Crippen molar-refractivity contribution in [3.8, 4) is 11.5 Å². The molecule has 1 aromatic rings. The molecule has 0 radical (unpaired) electrons. The summed E-state index contributed by atoms with van der Waals surface area (Å²) in [4.78, 5) is 14.5. The van der Waals surface area contributed by atoms with Crippen molar-refractivity contribution in [1.29, 1.82) is 0 Å². The van der Waals surface area contributed by atoms with E-state index in [-0.39, 0.29) is 30.4 Å². The molecule has 0 unspecified atom stereocenters. The molecule has 6 nitrogen and oxygen atoms in total. The molecule has 138 valence electrons. The van der Waals surface area contributed by atoms with Gasteiger partial charge in [-0.05, 0) is 37.5 Å². The number of urea groups is 1. The lowest BCUT2D eigenvalue weighted by atomic mass is 9.84. The summed E-state index contributed by atoms with van der Waals surface area (Å²) in [6.07, 6.45) is 2.03. The van der Waals surface area contributed by atoms with E-state index in [2.05, 4.69) is 26.1 Å². The zero-order valence-electron chi connectivity index (χ0n) is 15.5. The van der Waals surface area contributed by atoms with Crippen LogP contribution < -0.4 is 14.8 Å². The van der Waals surface area contributed by atoms with Crippen molar-refractivity contribution in [2.75, 3.05) is 27.0 Å². The van der Waals surface area contributed by atoms with Gasteiger partial charge in [0.15, 0.2) is 11.5 Å². The molecule has 0 aliphatic carbocycles. The number of hydrogen-bond donors (Lipinski definition) is 1. The first kappa shape index (κ1) is 17.9. The molecule has 2 aliphatic rings. The maximum Gasteiger partial charge on any atom is 0.317 e. The number of carbonyl (C=O) groups is 1. The summed E-state index contributed by atoms with van der Waals surface area (Å²) in [5.74, 6) is 1.55. The van der Waals surface area contributed by atoms with Crippen LogP contribution in [0.15, 0.2) is 18.2 Å². The Hall–Kier alpha value is -1.95. The van der Waals surface area contributed by atoms with Gasteiger partial charge in [-0.2, -0.15) is 0 Å². The molecule has 3 rings (SSSR count). The van der Waals surface area contributed by atoms with Gasteiger partial charge in [-0.15, -0.1) is 0 Å². The van der Waals surface area contributed by atoms with Crippen LogP contribution in [-0.2, 0) is 10.2 Å². The zero-order chi connectivity index (χ0) is 18.0. The number of nitrogens with zero attached hydrogens (tertiary/aromatic N) is 1. The molecule has 0 saturated carbocycles. The maximum atomic E-state index is 12.6. The minimum absolute atomic E-state index is 0.00382. The normalized spacial score (nSPS) is 22.8. The minimum atomic E-state index is -0.204. The molecular weight excluding hydrogens is 320 g/mol. The highest BCUT2D eigenvalue weighted by Gasteiger charge is 2.30. The van der Waals surface area contributed by atoms with Crippen molar-refractivity contribution in [2.24, 2.45) is 0 Å². The van der Waals surface area contributed by atoms with Gasteiger partial charge in [0.1, 0.15) is 0 Å². The van der Waals surface area contributed by atoms with Crippen LogP contribution >= 0.6 is 0 Å². The first-order valence-electron chi connectivity index (χ1n) is 8.88. The molecule has 6 heteroatoms. The summed E-state index contributed by atoms with van der Waals surface area (Å²) < 4.78 is 16.2. The van der Waals surface area contributed by atoms with Crippen LogP contribution in [0.25, 0.3) is 0 Å². The molecule has 1 fully saturated rings. The predicted molar refractivity (Wildman–Crippen MR) is 95.2 cm³/mol. The summed E-state index contributed by atoms with van der Waals surface area (Å²) in [5, 5.41) is 3.10. The summed E-state index contributed by atoms with van der Waals surface area (Å²) in [6, 6.07) is 6.15. The Bertz CT molecular complexity index is 632. The molecule has 1 N–H and O–H groups in total. The van der Waals surface area contributed by atoms with E-state index in [1.54, 1.807) is 7.11 Å². The van der Waals surface area contributed by atoms with E-state index in [0.717, 1.165) is 36.4 Å². The fourth-order valence-corrected chi connectivity index (χ4v) is 3.46. The SMILES string of the molecule is CO[C@H]1CCN(C(=O)NCC(C)(C)c2ccc3c(c2)OCO3)[C@H](C)C1. The number of fused-ring (bicyclic) bond motifs is 1. The van der Waals surface area contributed by atoms with Gasteiger partial charge in [-0.25, -0.2) is 4.79 Å². The third kappa shape index (κ3) is 3.84. The average Bonchev–Trinajstić information content (AvgIpc) is 3.07. The van der Waals surface area contributed by atoms with Crippen molar-refractivity contribution < 1.29 is 19.0 Å². The summed E-state index contributed by atoms with van der Waals surface area (Å²) in [7, 11) is 1.74. The Morgan fingerprint density at radius 1 is 1.36 bits per heavy atom. The quantitative estimate of drug-likeness (QED) is 0.909. The number of carbonyl (C=O) groups excluding carboxylic acids is 1. The second-order valence-corrected chi connectivity index (χ2v) is 7.54. The molecule has 25 heavy (non-hydrogen) atoms. The molecule has 0 bridgehead atoms. The number of likely N-dealkylation sites (tertiary alicyclic amines) is 1. The number of benzene rings is 1. The Morgan fingerprint density at radius 3 is 2.84 bits per heavy atom. The van der Waals surface area contributed by atoms with Gasteiger partial charge in [-0.3, -0.25) is 0 Å². The lowest BCUT2D eigenvalue weighted by Gasteiger charge is -2.37. The van der Waals surface area contributed by atoms with Crippen LogP contribution in [0.4, 0.5) is 4.79 Å². The summed E-state index contributed by atoms with van der Waals surface area (Å²) in [6.45, 7) is 7.87. The highest BCUT2D eigenvalue weighted by atomic mass is 16.7. The van der Waals surface area contributed by atoms with Gasteiger partial charge in [0.05, 0.1) is 6.10 Å². The van der Waals surface area contributed by atoms with Crippen LogP contribution in [-0.4, -0.2) is 50.1 Å². The highest BCUT2D eigenvalue weighted by Crippen LogP contribution is 2.36. The van der Waals surface area contributed by atoms with Crippen LogP contribution in [0.2, 0.25) is 0 Å². The van der Waals surface area contributed by atoms with Crippen LogP contribution in [0.3, 0.4) is 0 Å². The van der Waals surface area contributed by atoms with E-state index in [0.29, 0.717) is 6.54 Å². The zero-order valence-corrected chi connectivity index (χ0v) is 15.5. The van der Waals surface area contributed by atoms with Gasteiger partial charge < -0.3 is 24.4 Å².